The first-order chi connectivity index (χ1) is 10.1. The summed E-state index contributed by atoms with van der Waals surface area (Å²) in [6.07, 6.45) is 3.14. The van der Waals surface area contributed by atoms with Crippen LogP contribution in [0.15, 0.2) is 47.7 Å². The normalized spacial score (nSPS) is 10.6. The number of hydrogen-bond acceptors (Lipinski definition) is 4. The molecular weight excluding hydrogens is 266 g/mol. The van der Waals surface area contributed by atoms with Gasteiger partial charge < -0.3 is 4.74 Å². The van der Waals surface area contributed by atoms with Crippen LogP contribution in [-0.4, -0.2) is 23.7 Å². The van der Waals surface area contributed by atoms with Crippen molar-refractivity contribution in [1.82, 2.24) is 10.4 Å². The van der Waals surface area contributed by atoms with Gasteiger partial charge in [-0.3, -0.25) is 9.78 Å². The molecule has 0 fully saturated rings. The lowest BCUT2D eigenvalue weighted by atomic mass is 10.1. The number of hydrazone groups is 1. The maximum atomic E-state index is 11.6. The van der Waals surface area contributed by atoms with Crippen LogP contribution in [0.5, 0.6) is 5.75 Å². The van der Waals surface area contributed by atoms with E-state index in [2.05, 4.69) is 15.5 Å². The first-order valence-electron chi connectivity index (χ1n) is 6.58. The number of aryl methyl sites for hydroxylation is 2. The molecular formula is C16H17N3O2. The largest absolute Gasteiger partial charge is 0.483 e. The SMILES string of the molecule is Cc1ccc(OCC(=O)NN=Cc2ccccn2)c(C)c1. The predicted octanol–water partition coefficient (Wildman–Crippen LogP) is 2.23. The molecule has 1 heterocycles. The zero-order valence-corrected chi connectivity index (χ0v) is 12.0. The van der Waals surface area contributed by atoms with Crippen LogP contribution in [-0.2, 0) is 4.79 Å². The Morgan fingerprint density at radius 1 is 1.33 bits per heavy atom. The Labute approximate surface area is 123 Å². The third kappa shape index (κ3) is 4.72. The molecule has 2 rings (SSSR count). The molecule has 0 aliphatic heterocycles. The zero-order chi connectivity index (χ0) is 15.1. The molecule has 5 nitrogen and oxygen atoms in total. The molecule has 1 aromatic heterocycles. The molecule has 0 saturated heterocycles. The molecule has 0 atom stereocenters. The second kappa shape index (κ2) is 7.19. The Kier molecular flexibility index (Phi) is 5.04. The molecule has 0 spiro atoms. The molecule has 21 heavy (non-hydrogen) atoms. The molecule has 1 amide bonds. The minimum Gasteiger partial charge on any atom is -0.483 e. The Bertz CT molecular complexity index is 639. The summed E-state index contributed by atoms with van der Waals surface area (Å²) in [4.78, 5) is 15.7. The molecule has 5 heteroatoms. The van der Waals surface area contributed by atoms with Gasteiger partial charge in [0.25, 0.3) is 5.91 Å². The average Bonchev–Trinajstić information content (AvgIpc) is 2.47. The topological polar surface area (TPSA) is 63.6 Å². The third-order valence-corrected chi connectivity index (χ3v) is 2.76. The molecule has 0 aliphatic rings. The highest BCUT2D eigenvalue weighted by atomic mass is 16.5. The fourth-order valence-corrected chi connectivity index (χ4v) is 1.76. The highest BCUT2D eigenvalue weighted by Gasteiger charge is 2.03. The van der Waals surface area contributed by atoms with Gasteiger partial charge in [-0.1, -0.05) is 23.8 Å². The number of nitrogens with zero attached hydrogens (tertiary/aromatic N) is 2. The molecule has 1 N–H and O–H groups in total. The van der Waals surface area contributed by atoms with Crippen molar-refractivity contribution in [3.8, 4) is 5.75 Å². The van der Waals surface area contributed by atoms with Crippen molar-refractivity contribution in [3.63, 3.8) is 0 Å². The zero-order valence-electron chi connectivity index (χ0n) is 12.0. The lowest BCUT2D eigenvalue weighted by molar-refractivity contribution is -0.123. The lowest BCUT2D eigenvalue weighted by Gasteiger charge is -2.08. The van der Waals surface area contributed by atoms with Crippen molar-refractivity contribution in [3.05, 3.63) is 59.4 Å². The van der Waals surface area contributed by atoms with Crippen molar-refractivity contribution >= 4 is 12.1 Å². The van der Waals surface area contributed by atoms with E-state index >= 15 is 0 Å². The number of benzene rings is 1. The number of ether oxygens (including phenoxy) is 1. The molecule has 0 bridgehead atoms. The Morgan fingerprint density at radius 3 is 2.90 bits per heavy atom. The van der Waals surface area contributed by atoms with Gasteiger partial charge in [0, 0.05) is 6.20 Å². The van der Waals surface area contributed by atoms with Gasteiger partial charge in [-0.05, 0) is 37.6 Å². The molecule has 2 aromatic rings. The van der Waals surface area contributed by atoms with Gasteiger partial charge in [0.2, 0.25) is 0 Å². The molecule has 0 unspecified atom stereocenters. The minimum absolute atomic E-state index is 0.0799. The van der Waals surface area contributed by atoms with E-state index in [1.54, 1.807) is 12.3 Å². The van der Waals surface area contributed by atoms with E-state index in [4.69, 9.17) is 4.74 Å². The van der Waals surface area contributed by atoms with E-state index in [-0.39, 0.29) is 12.5 Å². The van der Waals surface area contributed by atoms with E-state index in [1.165, 1.54) is 6.21 Å². The van der Waals surface area contributed by atoms with Gasteiger partial charge in [-0.15, -0.1) is 0 Å². The number of nitrogens with one attached hydrogen (secondary N) is 1. The van der Waals surface area contributed by atoms with Crippen molar-refractivity contribution < 1.29 is 9.53 Å². The number of hydrogen-bond donors (Lipinski definition) is 1. The number of amides is 1. The summed E-state index contributed by atoms with van der Waals surface area (Å²) in [5, 5.41) is 3.82. The Balaban J connectivity index is 1.81. The van der Waals surface area contributed by atoms with Crippen LogP contribution in [0.1, 0.15) is 16.8 Å². The number of aromatic nitrogens is 1. The smallest absolute Gasteiger partial charge is 0.277 e. The summed E-state index contributed by atoms with van der Waals surface area (Å²) in [6, 6.07) is 11.3. The quantitative estimate of drug-likeness (QED) is 0.676. The van der Waals surface area contributed by atoms with Crippen molar-refractivity contribution in [2.45, 2.75) is 13.8 Å². The van der Waals surface area contributed by atoms with Gasteiger partial charge >= 0.3 is 0 Å². The minimum atomic E-state index is -0.317. The fourth-order valence-electron chi connectivity index (χ4n) is 1.76. The first kappa shape index (κ1) is 14.7. The third-order valence-electron chi connectivity index (χ3n) is 2.76. The molecule has 108 valence electrons. The number of carbonyl (C=O) groups is 1. The first-order valence-corrected chi connectivity index (χ1v) is 6.58. The van der Waals surface area contributed by atoms with Gasteiger partial charge in [0.1, 0.15) is 5.75 Å². The second-order valence-corrected chi connectivity index (χ2v) is 4.61. The van der Waals surface area contributed by atoms with Crippen LogP contribution in [0.4, 0.5) is 0 Å². The Hall–Kier alpha value is -2.69. The molecule has 0 radical (unpaired) electrons. The summed E-state index contributed by atoms with van der Waals surface area (Å²) < 4.78 is 5.45. The standard InChI is InChI=1S/C16H17N3O2/c1-12-6-7-15(13(2)9-12)21-11-16(20)19-18-10-14-5-3-4-8-17-14/h3-10H,11H2,1-2H3,(H,19,20). The van der Waals surface area contributed by atoms with Gasteiger partial charge in [0.15, 0.2) is 6.61 Å². The molecule has 1 aromatic carbocycles. The maximum Gasteiger partial charge on any atom is 0.277 e. The molecule has 0 saturated carbocycles. The predicted molar refractivity (Wildman–Crippen MR) is 81.4 cm³/mol. The van der Waals surface area contributed by atoms with Crippen LogP contribution in [0, 0.1) is 13.8 Å². The van der Waals surface area contributed by atoms with E-state index in [9.17, 15) is 4.79 Å². The van der Waals surface area contributed by atoms with Gasteiger partial charge in [0.05, 0.1) is 11.9 Å². The van der Waals surface area contributed by atoms with Gasteiger partial charge in [-0.2, -0.15) is 5.10 Å². The van der Waals surface area contributed by atoms with E-state index in [0.717, 1.165) is 11.1 Å². The van der Waals surface area contributed by atoms with Crippen molar-refractivity contribution in [2.24, 2.45) is 5.10 Å². The summed E-state index contributed by atoms with van der Waals surface area (Å²) in [7, 11) is 0. The summed E-state index contributed by atoms with van der Waals surface area (Å²) in [5.41, 5.74) is 5.23. The van der Waals surface area contributed by atoms with Crippen LogP contribution < -0.4 is 10.2 Å². The fraction of sp³-hybridized carbons (Fsp3) is 0.188. The lowest BCUT2D eigenvalue weighted by Crippen LogP contribution is -2.24. The van der Waals surface area contributed by atoms with E-state index < -0.39 is 0 Å². The summed E-state index contributed by atoms with van der Waals surface area (Å²) in [6.45, 7) is 3.87. The average molecular weight is 283 g/mol. The van der Waals surface area contributed by atoms with E-state index in [1.807, 2.05) is 44.2 Å². The van der Waals surface area contributed by atoms with Crippen molar-refractivity contribution in [2.75, 3.05) is 6.61 Å². The number of pyridine rings is 1. The monoisotopic (exact) mass is 283 g/mol. The molecule has 0 aliphatic carbocycles. The maximum absolute atomic E-state index is 11.6. The highest BCUT2D eigenvalue weighted by molar-refractivity contribution is 5.81. The summed E-state index contributed by atoms with van der Waals surface area (Å²) in [5.74, 6) is 0.381. The van der Waals surface area contributed by atoms with Crippen LogP contribution in [0.25, 0.3) is 0 Å². The number of rotatable bonds is 5. The highest BCUT2D eigenvalue weighted by Crippen LogP contribution is 2.18. The van der Waals surface area contributed by atoms with Crippen LogP contribution >= 0.6 is 0 Å². The second-order valence-electron chi connectivity index (χ2n) is 4.61. The van der Waals surface area contributed by atoms with Crippen molar-refractivity contribution in [1.29, 1.82) is 0 Å². The van der Waals surface area contributed by atoms with E-state index in [0.29, 0.717) is 11.4 Å². The Morgan fingerprint density at radius 2 is 2.19 bits per heavy atom. The van der Waals surface area contributed by atoms with Crippen LogP contribution in [0.2, 0.25) is 0 Å². The van der Waals surface area contributed by atoms with Crippen LogP contribution in [0.3, 0.4) is 0 Å². The summed E-state index contributed by atoms with van der Waals surface area (Å²) >= 11 is 0. The number of carbonyl (C=O) groups excluding carboxylic acids is 1. The van der Waals surface area contributed by atoms with Gasteiger partial charge in [-0.25, -0.2) is 5.43 Å².